The van der Waals surface area contributed by atoms with Crippen LogP contribution in [0.5, 0.6) is 5.75 Å². The molecule has 0 unspecified atom stereocenters. The smallest absolute Gasteiger partial charge is 0.234 e. The second kappa shape index (κ2) is 10.4. The van der Waals surface area contributed by atoms with Gasteiger partial charge < -0.3 is 15.0 Å². The number of thioether (sulfide) groups is 1. The first-order valence-electron chi connectivity index (χ1n) is 8.81. The maximum absolute atomic E-state index is 12.4. The van der Waals surface area contributed by atoms with Gasteiger partial charge in [0.2, 0.25) is 11.8 Å². The Bertz CT molecular complexity index is 858. The van der Waals surface area contributed by atoms with Gasteiger partial charge in [0.15, 0.2) is 0 Å². The van der Waals surface area contributed by atoms with Gasteiger partial charge >= 0.3 is 0 Å². The van der Waals surface area contributed by atoms with Crippen LogP contribution in [0.3, 0.4) is 0 Å². The molecule has 0 spiro atoms. The van der Waals surface area contributed by atoms with Gasteiger partial charge in [-0.05, 0) is 43.7 Å². The summed E-state index contributed by atoms with van der Waals surface area (Å²) in [5, 5.41) is 3.48. The van der Waals surface area contributed by atoms with Crippen molar-refractivity contribution in [1.82, 2.24) is 4.90 Å². The van der Waals surface area contributed by atoms with Crippen molar-refractivity contribution in [3.05, 3.63) is 58.1 Å². The number of carbonyl (C=O) groups excluding carboxylic acids is 2. The Balaban J connectivity index is 1.81. The van der Waals surface area contributed by atoms with Crippen molar-refractivity contribution in [2.75, 3.05) is 31.0 Å². The Morgan fingerprint density at radius 1 is 1.14 bits per heavy atom. The third-order valence-corrected chi connectivity index (χ3v) is 5.34. The number of methoxy groups -OCH3 is 1. The first-order chi connectivity index (χ1) is 13.3. The van der Waals surface area contributed by atoms with E-state index in [-0.39, 0.29) is 23.3 Å². The van der Waals surface area contributed by atoms with E-state index in [9.17, 15) is 9.59 Å². The van der Waals surface area contributed by atoms with Crippen LogP contribution in [0, 0.1) is 13.8 Å². The average molecular weight is 421 g/mol. The van der Waals surface area contributed by atoms with Crippen molar-refractivity contribution in [3.8, 4) is 5.75 Å². The van der Waals surface area contributed by atoms with Crippen LogP contribution >= 0.6 is 23.4 Å². The highest BCUT2D eigenvalue weighted by Crippen LogP contribution is 2.24. The minimum Gasteiger partial charge on any atom is -0.496 e. The van der Waals surface area contributed by atoms with Gasteiger partial charge in [0, 0.05) is 29.9 Å². The lowest BCUT2D eigenvalue weighted by atomic mass is 10.1. The molecule has 7 heteroatoms. The predicted molar refractivity (Wildman–Crippen MR) is 116 cm³/mol. The van der Waals surface area contributed by atoms with E-state index in [2.05, 4.69) is 5.32 Å². The zero-order chi connectivity index (χ0) is 20.7. The molecule has 2 rings (SSSR count). The molecule has 0 aromatic heterocycles. The topological polar surface area (TPSA) is 58.6 Å². The summed E-state index contributed by atoms with van der Waals surface area (Å²) in [6.45, 7) is 4.35. The Labute approximate surface area is 175 Å². The number of ether oxygens (including phenoxy) is 1. The molecule has 150 valence electrons. The van der Waals surface area contributed by atoms with Gasteiger partial charge in [-0.1, -0.05) is 29.3 Å². The molecule has 0 saturated carbocycles. The van der Waals surface area contributed by atoms with Crippen LogP contribution in [0.15, 0.2) is 36.4 Å². The van der Waals surface area contributed by atoms with Crippen molar-refractivity contribution in [1.29, 1.82) is 0 Å². The van der Waals surface area contributed by atoms with Gasteiger partial charge in [-0.15, -0.1) is 11.8 Å². The lowest BCUT2D eigenvalue weighted by molar-refractivity contribution is -0.127. The van der Waals surface area contributed by atoms with Crippen molar-refractivity contribution in [2.24, 2.45) is 0 Å². The Hall–Kier alpha value is -2.18. The fourth-order valence-corrected chi connectivity index (χ4v) is 3.65. The number of hydrogen-bond donors (Lipinski definition) is 1. The average Bonchev–Trinajstić information content (AvgIpc) is 2.64. The molecule has 0 heterocycles. The van der Waals surface area contributed by atoms with Crippen molar-refractivity contribution < 1.29 is 14.3 Å². The van der Waals surface area contributed by atoms with Gasteiger partial charge in [-0.25, -0.2) is 0 Å². The van der Waals surface area contributed by atoms with Crippen LogP contribution in [-0.4, -0.2) is 42.4 Å². The molecule has 0 bridgehead atoms. The highest BCUT2D eigenvalue weighted by atomic mass is 35.5. The van der Waals surface area contributed by atoms with Crippen molar-refractivity contribution in [3.63, 3.8) is 0 Å². The summed E-state index contributed by atoms with van der Waals surface area (Å²) in [5.41, 5.74) is 3.80. The largest absolute Gasteiger partial charge is 0.496 e. The second-order valence-corrected chi connectivity index (χ2v) is 7.99. The SMILES string of the molecule is COc1ccc(Cl)cc1CN(C)C(=O)CSCC(=O)Nc1ccc(C)cc1C. The summed E-state index contributed by atoms with van der Waals surface area (Å²) >= 11 is 7.32. The number of rotatable bonds is 8. The van der Waals surface area contributed by atoms with Crippen LogP contribution in [0.1, 0.15) is 16.7 Å². The number of carbonyl (C=O) groups is 2. The van der Waals surface area contributed by atoms with E-state index in [1.54, 1.807) is 37.3 Å². The molecule has 28 heavy (non-hydrogen) atoms. The first-order valence-corrected chi connectivity index (χ1v) is 10.3. The molecule has 0 aliphatic rings. The highest BCUT2D eigenvalue weighted by Gasteiger charge is 2.14. The number of amides is 2. The normalized spacial score (nSPS) is 10.5. The maximum atomic E-state index is 12.4. The molecule has 2 aromatic rings. The third kappa shape index (κ3) is 6.46. The van der Waals surface area contributed by atoms with E-state index < -0.39 is 0 Å². The number of halogens is 1. The molecule has 0 saturated heterocycles. The Morgan fingerprint density at radius 2 is 1.89 bits per heavy atom. The second-order valence-electron chi connectivity index (χ2n) is 6.57. The van der Waals surface area contributed by atoms with E-state index in [4.69, 9.17) is 16.3 Å². The molecule has 1 N–H and O–H groups in total. The molecule has 2 aromatic carbocycles. The summed E-state index contributed by atoms with van der Waals surface area (Å²) in [6.07, 6.45) is 0. The lowest BCUT2D eigenvalue weighted by Gasteiger charge is -2.19. The first kappa shape index (κ1) is 22.1. The van der Waals surface area contributed by atoms with E-state index in [1.807, 2.05) is 32.0 Å². The predicted octanol–water partition coefficient (Wildman–Crippen LogP) is 4.30. The quantitative estimate of drug-likeness (QED) is 0.691. The zero-order valence-corrected chi connectivity index (χ0v) is 18.1. The lowest BCUT2D eigenvalue weighted by Crippen LogP contribution is -2.28. The number of hydrogen-bond acceptors (Lipinski definition) is 4. The molecule has 2 amide bonds. The molecular weight excluding hydrogens is 396 g/mol. The third-order valence-electron chi connectivity index (χ3n) is 4.19. The number of benzene rings is 2. The molecule has 0 atom stereocenters. The van der Waals surface area contributed by atoms with E-state index in [1.165, 1.54) is 11.8 Å². The van der Waals surface area contributed by atoms with E-state index in [0.29, 0.717) is 17.3 Å². The minimum atomic E-state index is -0.121. The standard InChI is InChI=1S/C21H25ClN2O3S/c1-14-5-7-18(15(2)9-14)23-20(25)12-28-13-21(26)24(3)11-16-10-17(22)6-8-19(16)27-4/h5-10H,11-13H2,1-4H3,(H,23,25). The molecule has 5 nitrogen and oxygen atoms in total. The van der Waals surface area contributed by atoms with Crippen LogP contribution in [-0.2, 0) is 16.1 Å². The van der Waals surface area contributed by atoms with Crippen LogP contribution < -0.4 is 10.1 Å². The molecule has 0 fully saturated rings. The number of anilines is 1. The van der Waals surface area contributed by atoms with Gasteiger partial charge in [0.25, 0.3) is 0 Å². The summed E-state index contributed by atoms with van der Waals surface area (Å²) in [4.78, 5) is 26.1. The fourth-order valence-electron chi connectivity index (χ4n) is 2.70. The summed E-state index contributed by atoms with van der Waals surface area (Å²) in [7, 11) is 3.30. The summed E-state index contributed by atoms with van der Waals surface area (Å²) in [5.74, 6) is 0.937. The Kier molecular flexibility index (Phi) is 8.20. The molecular formula is C21H25ClN2O3S. The van der Waals surface area contributed by atoms with Crippen molar-refractivity contribution >= 4 is 40.9 Å². The summed E-state index contributed by atoms with van der Waals surface area (Å²) < 4.78 is 5.31. The number of nitrogens with one attached hydrogen (secondary N) is 1. The van der Waals surface area contributed by atoms with Gasteiger partial charge in [-0.2, -0.15) is 0 Å². The monoisotopic (exact) mass is 420 g/mol. The van der Waals surface area contributed by atoms with E-state index >= 15 is 0 Å². The summed E-state index contributed by atoms with van der Waals surface area (Å²) in [6, 6.07) is 11.2. The minimum absolute atomic E-state index is 0.0636. The fraction of sp³-hybridized carbons (Fsp3) is 0.333. The zero-order valence-electron chi connectivity index (χ0n) is 16.5. The van der Waals surface area contributed by atoms with Crippen LogP contribution in [0.4, 0.5) is 5.69 Å². The molecule has 0 radical (unpaired) electrons. The maximum Gasteiger partial charge on any atom is 0.234 e. The van der Waals surface area contributed by atoms with Crippen LogP contribution in [0.2, 0.25) is 5.02 Å². The highest BCUT2D eigenvalue weighted by molar-refractivity contribution is 8.00. The Morgan fingerprint density at radius 3 is 2.57 bits per heavy atom. The van der Waals surface area contributed by atoms with Crippen molar-refractivity contribution in [2.45, 2.75) is 20.4 Å². The number of nitrogens with zero attached hydrogens (tertiary/aromatic N) is 1. The van der Waals surface area contributed by atoms with Gasteiger partial charge in [0.1, 0.15) is 5.75 Å². The van der Waals surface area contributed by atoms with Gasteiger partial charge in [0.05, 0.1) is 18.6 Å². The molecule has 0 aliphatic carbocycles. The number of aryl methyl sites for hydroxylation is 2. The van der Waals surface area contributed by atoms with E-state index in [0.717, 1.165) is 22.4 Å². The van der Waals surface area contributed by atoms with Gasteiger partial charge in [-0.3, -0.25) is 9.59 Å². The molecule has 0 aliphatic heterocycles. The van der Waals surface area contributed by atoms with Crippen LogP contribution in [0.25, 0.3) is 0 Å².